The summed E-state index contributed by atoms with van der Waals surface area (Å²) in [6.07, 6.45) is 3.53. The highest BCUT2D eigenvalue weighted by molar-refractivity contribution is 8.03. The molecule has 0 radical (unpaired) electrons. The van der Waals surface area contributed by atoms with Gasteiger partial charge in [-0.3, -0.25) is 4.99 Å². The maximum Gasteiger partial charge on any atom is 0.194 e. The number of H-pyrrole nitrogens is 1. The second-order valence-electron chi connectivity index (χ2n) is 9.02. The molecule has 1 saturated heterocycles. The van der Waals surface area contributed by atoms with E-state index >= 15 is 0 Å². The van der Waals surface area contributed by atoms with Crippen LogP contribution in [0.15, 0.2) is 50.1 Å². The molecule has 1 aromatic carbocycles. The SMILES string of the molecule is C=N/C=C(\SCN/C(=C/C(=N\COc1c(F)cc2[nH]c(C)cc2c1F)N1CCN(C)CC1)N=C)C(C)C. The van der Waals surface area contributed by atoms with Gasteiger partial charge in [0.25, 0.3) is 0 Å². The number of thioether (sulfide) groups is 1. The number of hydrogen-bond acceptors (Lipinski definition) is 7. The number of halogens is 2. The Hall–Kier alpha value is -3.18. The Morgan fingerprint density at radius 2 is 1.97 bits per heavy atom. The summed E-state index contributed by atoms with van der Waals surface area (Å²) in [5.74, 6) is 0.00812. The first-order chi connectivity index (χ1) is 17.7. The van der Waals surface area contributed by atoms with Crippen molar-refractivity contribution in [1.29, 1.82) is 0 Å². The summed E-state index contributed by atoms with van der Waals surface area (Å²) in [7, 11) is 2.06. The summed E-state index contributed by atoms with van der Waals surface area (Å²) < 4.78 is 35.0. The van der Waals surface area contributed by atoms with Crippen LogP contribution in [0.25, 0.3) is 10.9 Å². The molecule has 8 nitrogen and oxygen atoms in total. The molecule has 2 N–H and O–H groups in total. The van der Waals surface area contributed by atoms with E-state index in [1.807, 2.05) is 0 Å². The molecule has 200 valence electrons. The monoisotopic (exact) mass is 531 g/mol. The topological polar surface area (TPSA) is 80.6 Å². The van der Waals surface area contributed by atoms with Gasteiger partial charge in [0.1, 0.15) is 11.7 Å². The van der Waals surface area contributed by atoms with Crippen LogP contribution in [0.1, 0.15) is 19.5 Å². The van der Waals surface area contributed by atoms with E-state index in [1.54, 1.807) is 37.0 Å². The number of nitrogens with one attached hydrogen (secondary N) is 2. The van der Waals surface area contributed by atoms with E-state index in [4.69, 9.17) is 4.74 Å². The number of aliphatic imine (C=N–C) groups is 3. The van der Waals surface area contributed by atoms with E-state index in [-0.39, 0.29) is 12.1 Å². The van der Waals surface area contributed by atoms with E-state index in [0.29, 0.717) is 29.0 Å². The first-order valence-corrected chi connectivity index (χ1v) is 13.0. The van der Waals surface area contributed by atoms with Gasteiger partial charge < -0.3 is 24.8 Å². The molecule has 1 fully saturated rings. The second-order valence-corrected chi connectivity index (χ2v) is 10.1. The first-order valence-electron chi connectivity index (χ1n) is 12.0. The van der Waals surface area contributed by atoms with Gasteiger partial charge in [0.05, 0.1) is 11.4 Å². The van der Waals surface area contributed by atoms with E-state index < -0.39 is 17.4 Å². The first kappa shape index (κ1) is 28.4. The summed E-state index contributed by atoms with van der Waals surface area (Å²) in [6.45, 7) is 16.1. The van der Waals surface area contributed by atoms with Crippen molar-refractivity contribution in [3.63, 3.8) is 0 Å². The van der Waals surface area contributed by atoms with Crippen LogP contribution in [0.4, 0.5) is 8.78 Å². The van der Waals surface area contributed by atoms with Gasteiger partial charge in [-0.1, -0.05) is 13.8 Å². The molecule has 1 aliphatic rings. The number of aromatic amines is 1. The molecule has 0 amide bonds. The Bertz CT molecular complexity index is 1200. The van der Waals surface area contributed by atoms with Crippen molar-refractivity contribution in [2.45, 2.75) is 20.8 Å². The van der Waals surface area contributed by atoms with Gasteiger partial charge in [0, 0.05) is 60.5 Å². The van der Waals surface area contributed by atoms with Crippen molar-refractivity contribution in [3.8, 4) is 5.75 Å². The Kier molecular flexibility index (Phi) is 10.3. The summed E-state index contributed by atoms with van der Waals surface area (Å²) in [5, 5.41) is 3.53. The molecule has 0 bridgehead atoms. The minimum Gasteiger partial charge on any atom is -0.465 e. The molecule has 11 heteroatoms. The third-order valence-electron chi connectivity index (χ3n) is 5.89. The van der Waals surface area contributed by atoms with Gasteiger partial charge in [-0.25, -0.2) is 18.8 Å². The number of allylic oxidation sites excluding steroid dienone is 1. The Balaban J connectivity index is 1.78. The highest BCUT2D eigenvalue weighted by Gasteiger charge is 2.19. The predicted molar refractivity (Wildman–Crippen MR) is 151 cm³/mol. The molecular formula is C26H35F2N7OS. The van der Waals surface area contributed by atoms with Gasteiger partial charge in [-0.15, -0.1) is 11.8 Å². The van der Waals surface area contributed by atoms with Crippen LogP contribution in [0.3, 0.4) is 0 Å². The molecule has 0 spiro atoms. The number of aryl methyl sites for hydroxylation is 1. The van der Waals surface area contributed by atoms with E-state index in [2.05, 4.69) is 69.4 Å². The zero-order valence-electron chi connectivity index (χ0n) is 21.9. The summed E-state index contributed by atoms with van der Waals surface area (Å²) in [6, 6.07) is 2.85. The molecule has 0 aliphatic carbocycles. The fourth-order valence-electron chi connectivity index (χ4n) is 3.80. The van der Waals surface area contributed by atoms with Crippen molar-refractivity contribution in [2.75, 3.05) is 45.8 Å². The van der Waals surface area contributed by atoms with Crippen LogP contribution in [0.2, 0.25) is 0 Å². The number of benzene rings is 1. The van der Waals surface area contributed by atoms with Gasteiger partial charge in [-0.05, 0) is 39.4 Å². The lowest BCUT2D eigenvalue weighted by Gasteiger charge is -2.33. The van der Waals surface area contributed by atoms with Crippen molar-refractivity contribution in [1.82, 2.24) is 20.1 Å². The number of piperazine rings is 1. The number of amidine groups is 1. The highest BCUT2D eigenvalue weighted by atomic mass is 32.2. The maximum atomic E-state index is 14.9. The Labute approximate surface area is 221 Å². The third kappa shape index (κ3) is 7.65. The minimum absolute atomic E-state index is 0.259. The summed E-state index contributed by atoms with van der Waals surface area (Å²) in [5.41, 5.74) is 1.12. The van der Waals surface area contributed by atoms with Crippen molar-refractivity contribution < 1.29 is 13.5 Å². The third-order valence-corrected chi connectivity index (χ3v) is 7.08. The molecular weight excluding hydrogens is 496 g/mol. The van der Waals surface area contributed by atoms with Crippen LogP contribution in [0, 0.1) is 24.5 Å². The number of hydrogen-bond donors (Lipinski definition) is 2. The lowest BCUT2D eigenvalue weighted by molar-refractivity contribution is 0.214. The number of likely N-dealkylation sites (N-methyl/N-ethyl adjacent to an activating group) is 1. The van der Waals surface area contributed by atoms with Gasteiger partial charge in [0.2, 0.25) is 0 Å². The number of ether oxygens (including phenoxy) is 1. The predicted octanol–water partition coefficient (Wildman–Crippen LogP) is 4.76. The quantitative estimate of drug-likeness (QED) is 0.248. The normalized spacial score (nSPS) is 16.0. The lowest BCUT2D eigenvalue weighted by atomic mass is 10.2. The van der Waals surface area contributed by atoms with Gasteiger partial charge in [-0.2, -0.15) is 0 Å². The zero-order chi connectivity index (χ0) is 26.9. The molecule has 2 heterocycles. The average Bonchev–Trinajstić information content (AvgIpc) is 3.24. The van der Waals surface area contributed by atoms with Crippen LogP contribution >= 0.6 is 11.8 Å². The molecule has 1 aliphatic heterocycles. The van der Waals surface area contributed by atoms with Crippen LogP contribution in [-0.2, 0) is 0 Å². The van der Waals surface area contributed by atoms with Crippen molar-refractivity contribution >= 4 is 41.9 Å². The van der Waals surface area contributed by atoms with E-state index in [1.165, 1.54) is 6.07 Å². The second kappa shape index (κ2) is 13.4. The molecule has 1 aromatic heterocycles. The molecule has 37 heavy (non-hydrogen) atoms. The Morgan fingerprint density at radius 1 is 1.24 bits per heavy atom. The van der Waals surface area contributed by atoms with Crippen LogP contribution in [-0.4, -0.2) is 79.9 Å². The van der Waals surface area contributed by atoms with Gasteiger partial charge >= 0.3 is 0 Å². The van der Waals surface area contributed by atoms with Crippen molar-refractivity contribution in [3.05, 3.63) is 52.5 Å². The van der Waals surface area contributed by atoms with Gasteiger partial charge in [0.15, 0.2) is 24.1 Å². The standard InChI is InChI=1S/C26H35F2N7OS/c1-17(2)22(14-29-4)37-16-32-23(30-5)13-24(35-9-7-34(6)8-10-35)31-15-36-26-20(27)12-21-19(25(26)28)11-18(3)33-21/h11-14,17,32-33H,4-5,7-10,15-16H2,1-3,6H3/b22-14-,23-13+,31-24+. The molecule has 0 unspecified atom stereocenters. The maximum absolute atomic E-state index is 14.9. The molecule has 3 rings (SSSR count). The minimum atomic E-state index is -0.783. The molecule has 0 atom stereocenters. The summed E-state index contributed by atoms with van der Waals surface area (Å²) >= 11 is 1.60. The molecule has 0 saturated carbocycles. The van der Waals surface area contributed by atoms with E-state index in [9.17, 15) is 8.78 Å². The molecule has 2 aromatic rings. The lowest BCUT2D eigenvalue weighted by Crippen LogP contribution is -2.47. The Morgan fingerprint density at radius 3 is 2.62 bits per heavy atom. The van der Waals surface area contributed by atoms with E-state index in [0.717, 1.165) is 36.8 Å². The number of aromatic nitrogens is 1. The fraction of sp³-hybridized carbons (Fsp3) is 0.423. The average molecular weight is 532 g/mol. The van der Waals surface area contributed by atoms with Crippen molar-refractivity contribution in [2.24, 2.45) is 20.9 Å². The fourth-order valence-corrected chi connectivity index (χ4v) is 4.67. The summed E-state index contributed by atoms with van der Waals surface area (Å²) in [4.78, 5) is 20.9. The smallest absolute Gasteiger partial charge is 0.194 e. The zero-order valence-corrected chi connectivity index (χ0v) is 22.7. The number of rotatable bonds is 11. The van der Waals surface area contributed by atoms with Crippen LogP contribution < -0.4 is 10.1 Å². The number of nitrogens with zero attached hydrogens (tertiary/aromatic N) is 5. The number of fused-ring (bicyclic) bond motifs is 1. The van der Waals surface area contributed by atoms with Crippen LogP contribution in [0.5, 0.6) is 5.75 Å². The largest absolute Gasteiger partial charge is 0.465 e. The highest BCUT2D eigenvalue weighted by Crippen LogP contribution is 2.30.